The zero-order valence-corrected chi connectivity index (χ0v) is 17.1. The average molecular weight is 449 g/mol. The number of anilines is 1. The Bertz CT molecular complexity index is 1020. The van der Waals surface area contributed by atoms with Gasteiger partial charge in [0.2, 0.25) is 5.91 Å². The van der Waals surface area contributed by atoms with E-state index in [4.69, 9.17) is 9.15 Å². The van der Waals surface area contributed by atoms with Crippen LogP contribution in [-0.4, -0.2) is 51.4 Å². The van der Waals surface area contributed by atoms with Crippen molar-refractivity contribution in [3.8, 4) is 5.69 Å². The largest absolute Gasteiger partial charge is 0.468 e. The first-order valence-corrected chi connectivity index (χ1v) is 10.1. The van der Waals surface area contributed by atoms with Crippen LogP contribution in [0, 0.1) is 0 Å². The van der Waals surface area contributed by atoms with Crippen LogP contribution in [0.2, 0.25) is 0 Å². The number of carbonyl (C=O) groups is 1. The molecule has 11 heteroatoms. The molecule has 1 N–H and O–H groups in total. The van der Waals surface area contributed by atoms with Crippen molar-refractivity contribution in [1.82, 2.24) is 19.7 Å². The number of ether oxygens (including phenoxy) is 1. The molecule has 8 nitrogen and oxygen atoms in total. The number of alkyl halides is 3. The zero-order chi connectivity index (χ0) is 22.6. The predicted octanol–water partition coefficient (Wildman–Crippen LogP) is 3.50. The Balaban J connectivity index is 1.52. The van der Waals surface area contributed by atoms with Crippen LogP contribution in [0.3, 0.4) is 0 Å². The number of carbonyl (C=O) groups excluding carboxylic acids is 1. The quantitative estimate of drug-likeness (QED) is 0.567. The van der Waals surface area contributed by atoms with Crippen LogP contribution in [0.5, 0.6) is 0 Å². The highest BCUT2D eigenvalue weighted by Gasteiger charge is 2.31. The standard InChI is InChI=1S/C21H22F3N5O3/c22-21(23,24)15-5-6-19(29-14-25-13-26-29)18(9-15)27-20(30)12-28(10-16-3-1-7-31-16)11-17-4-2-8-32-17/h1,3,5-7,9,13-14,17H,2,4,8,10-12H2,(H,27,30). The highest BCUT2D eigenvalue weighted by molar-refractivity contribution is 5.94. The van der Waals surface area contributed by atoms with Gasteiger partial charge in [0, 0.05) is 13.2 Å². The fraction of sp³-hybridized carbons (Fsp3) is 0.381. The number of nitrogens with zero attached hydrogens (tertiary/aromatic N) is 4. The number of hydrogen-bond donors (Lipinski definition) is 1. The lowest BCUT2D eigenvalue weighted by molar-refractivity contribution is -0.137. The van der Waals surface area contributed by atoms with Gasteiger partial charge in [0.25, 0.3) is 0 Å². The molecule has 170 valence electrons. The van der Waals surface area contributed by atoms with E-state index in [0.717, 1.165) is 25.0 Å². The summed E-state index contributed by atoms with van der Waals surface area (Å²) in [5.41, 5.74) is -0.602. The topological polar surface area (TPSA) is 85.4 Å². The molecule has 1 aliphatic heterocycles. The number of aromatic nitrogens is 3. The molecular formula is C21H22F3N5O3. The van der Waals surface area contributed by atoms with Gasteiger partial charge in [0.05, 0.1) is 42.4 Å². The molecule has 4 rings (SSSR count). The molecule has 1 atom stereocenters. The van der Waals surface area contributed by atoms with Gasteiger partial charge in [-0.2, -0.15) is 18.3 Å². The van der Waals surface area contributed by atoms with Gasteiger partial charge in [-0.15, -0.1) is 0 Å². The third-order valence-electron chi connectivity index (χ3n) is 5.08. The van der Waals surface area contributed by atoms with Gasteiger partial charge >= 0.3 is 6.18 Å². The molecule has 0 saturated carbocycles. The molecule has 1 saturated heterocycles. The summed E-state index contributed by atoms with van der Waals surface area (Å²) in [4.78, 5) is 18.5. The maximum atomic E-state index is 13.2. The normalized spacial score (nSPS) is 16.6. The maximum absolute atomic E-state index is 13.2. The van der Waals surface area contributed by atoms with E-state index in [9.17, 15) is 18.0 Å². The maximum Gasteiger partial charge on any atom is 0.416 e. The molecule has 0 aliphatic carbocycles. The number of rotatable bonds is 8. The summed E-state index contributed by atoms with van der Waals surface area (Å²) in [6.45, 7) is 1.51. The minimum atomic E-state index is -4.55. The van der Waals surface area contributed by atoms with Crippen molar-refractivity contribution in [2.75, 3.05) is 25.0 Å². The first kappa shape index (κ1) is 22.0. The van der Waals surface area contributed by atoms with E-state index >= 15 is 0 Å². The van der Waals surface area contributed by atoms with Crippen molar-refractivity contribution in [3.63, 3.8) is 0 Å². The molecule has 3 aromatic rings. The fourth-order valence-corrected chi connectivity index (χ4v) is 3.62. The summed E-state index contributed by atoms with van der Waals surface area (Å²) in [5.74, 6) is 0.216. The molecule has 1 unspecified atom stereocenters. The van der Waals surface area contributed by atoms with Gasteiger partial charge in [-0.1, -0.05) is 0 Å². The Morgan fingerprint density at radius 1 is 1.31 bits per heavy atom. The van der Waals surface area contributed by atoms with E-state index in [1.165, 1.54) is 23.4 Å². The van der Waals surface area contributed by atoms with E-state index < -0.39 is 17.6 Å². The van der Waals surface area contributed by atoms with Gasteiger partial charge in [-0.25, -0.2) is 9.67 Å². The molecule has 0 bridgehead atoms. The highest BCUT2D eigenvalue weighted by atomic mass is 19.4. The number of furan rings is 1. The summed E-state index contributed by atoms with van der Waals surface area (Å²) in [6, 6.07) is 6.64. The van der Waals surface area contributed by atoms with Gasteiger partial charge in [-0.3, -0.25) is 9.69 Å². The van der Waals surface area contributed by atoms with Crippen LogP contribution in [0.25, 0.3) is 5.69 Å². The monoisotopic (exact) mass is 449 g/mol. The predicted molar refractivity (Wildman–Crippen MR) is 108 cm³/mol. The summed E-state index contributed by atoms with van der Waals surface area (Å²) in [5, 5.41) is 6.56. The lowest BCUT2D eigenvalue weighted by atomic mass is 10.1. The Hall–Kier alpha value is -3.18. The van der Waals surface area contributed by atoms with Crippen molar-refractivity contribution < 1.29 is 27.1 Å². The van der Waals surface area contributed by atoms with E-state index in [0.29, 0.717) is 25.5 Å². The van der Waals surface area contributed by atoms with Crippen molar-refractivity contribution in [1.29, 1.82) is 0 Å². The third-order valence-corrected chi connectivity index (χ3v) is 5.08. The second-order valence-corrected chi connectivity index (χ2v) is 7.50. The Morgan fingerprint density at radius 2 is 2.19 bits per heavy atom. The van der Waals surface area contributed by atoms with Crippen LogP contribution in [0.15, 0.2) is 53.7 Å². The van der Waals surface area contributed by atoms with Crippen LogP contribution in [0.4, 0.5) is 18.9 Å². The SMILES string of the molecule is O=C(CN(Cc1ccco1)CC1CCCO1)Nc1cc(C(F)(F)F)ccc1-n1cncn1. The summed E-state index contributed by atoms with van der Waals surface area (Å²) in [7, 11) is 0. The van der Waals surface area contributed by atoms with Crippen LogP contribution >= 0.6 is 0 Å². The summed E-state index contributed by atoms with van der Waals surface area (Å²) >= 11 is 0. The number of amides is 1. The summed E-state index contributed by atoms with van der Waals surface area (Å²) < 4.78 is 52.1. The lowest BCUT2D eigenvalue weighted by Crippen LogP contribution is -2.38. The molecule has 0 spiro atoms. The van der Waals surface area contributed by atoms with Crippen molar-refractivity contribution >= 4 is 11.6 Å². The second kappa shape index (κ2) is 9.53. The molecule has 1 aliphatic rings. The van der Waals surface area contributed by atoms with Gasteiger partial charge < -0.3 is 14.5 Å². The van der Waals surface area contributed by atoms with Crippen molar-refractivity contribution in [3.05, 3.63) is 60.6 Å². The first-order chi connectivity index (χ1) is 15.4. The zero-order valence-electron chi connectivity index (χ0n) is 17.1. The smallest absolute Gasteiger partial charge is 0.416 e. The molecule has 1 aromatic carbocycles. The van der Waals surface area contributed by atoms with Crippen LogP contribution in [-0.2, 0) is 22.3 Å². The van der Waals surface area contributed by atoms with Crippen molar-refractivity contribution in [2.24, 2.45) is 0 Å². The van der Waals surface area contributed by atoms with Gasteiger partial charge in [0.15, 0.2) is 0 Å². The minimum absolute atomic E-state index is 0.00275. The third kappa shape index (κ3) is 5.54. The van der Waals surface area contributed by atoms with Crippen molar-refractivity contribution in [2.45, 2.75) is 31.7 Å². The molecule has 1 amide bonds. The second-order valence-electron chi connectivity index (χ2n) is 7.50. The van der Waals surface area contributed by atoms with E-state index in [-0.39, 0.29) is 24.0 Å². The molecular weight excluding hydrogens is 427 g/mol. The highest BCUT2D eigenvalue weighted by Crippen LogP contribution is 2.33. The fourth-order valence-electron chi connectivity index (χ4n) is 3.62. The Morgan fingerprint density at radius 3 is 2.84 bits per heavy atom. The van der Waals surface area contributed by atoms with E-state index in [2.05, 4.69) is 15.4 Å². The van der Waals surface area contributed by atoms with Gasteiger partial charge in [-0.05, 0) is 43.2 Å². The van der Waals surface area contributed by atoms with Gasteiger partial charge in [0.1, 0.15) is 18.4 Å². The van der Waals surface area contributed by atoms with Crippen LogP contribution in [0.1, 0.15) is 24.2 Å². The number of hydrogen-bond acceptors (Lipinski definition) is 6. The number of halogens is 3. The molecule has 3 heterocycles. The molecule has 1 fully saturated rings. The summed E-state index contributed by atoms with van der Waals surface area (Å²) in [6.07, 6.45) is 1.45. The minimum Gasteiger partial charge on any atom is -0.468 e. The first-order valence-electron chi connectivity index (χ1n) is 10.1. The van der Waals surface area contributed by atoms with E-state index in [1.807, 2.05) is 4.90 Å². The van der Waals surface area contributed by atoms with E-state index in [1.54, 1.807) is 18.4 Å². The Kier molecular flexibility index (Phi) is 6.56. The molecule has 32 heavy (non-hydrogen) atoms. The average Bonchev–Trinajstić information content (AvgIpc) is 3.51. The Labute approximate surface area is 182 Å². The van der Waals surface area contributed by atoms with Crippen LogP contribution < -0.4 is 5.32 Å². The number of nitrogens with one attached hydrogen (secondary N) is 1. The molecule has 0 radical (unpaired) electrons. The molecule has 2 aromatic heterocycles. The number of benzene rings is 1. The lowest BCUT2D eigenvalue weighted by Gasteiger charge is -2.24.